The van der Waals surface area contributed by atoms with Gasteiger partial charge in [-0.1, -0.05) is 13.8 Å². The summed E-state index contributed by atoms with van der Waals surface area (Å²) in [5.41, 5.74) is 10.2. The van der Waals surface area contributed by atoms with E-state index in [-0.39, 0.29) is 0 Å². The van der Waals surface area contributed by atoms with E-state index in [1.165, 1.54) is 5.56 Å². The highest BCUT2D eigenvalue weighted by Crippen LogP contribution is 2.31. The van der Waals surface area contributed by atoms with Crippen LogP contribution in [0.2, 0.25) is 0 Å². The molecule has 0 aliphatic rings. The van der Waals surface area contributed by atoms with Gasteiger partial charge in [0.05, 0.1) is 6.26 Å². The zero-order valence-electron chi connectivity index (χ0n) is 13.5. The maximum absolute atomic E-state index is 6.20. The van der Waals surface area contributed by atoms with Crippen LogP contribution in [0.1, 0.15) is 25.3 Å². The van der Waals surface area contributed by atoms with Crippen LogP contribution in [0.4, 0.5) is 5.82 Å². The molecular weight excluding hydrogens is 302 g/mol. The maximum Gasteiger partial charge on any atom is 0.217 e. The highest BCUT2D eigenvalue weighted by molar-refractivity contribution is 5.74. The topological polar surface area (TPSA) is 82.2 Å². The molecule has 24 heavy (non-hydrogen) atoms. The minimum atomic E-state index is 0.364. The maximum atomic E-state index is 6.20. The second kappa shape index (κ2) is 5.49. The molecule has 0 aliphatic heterocycles. The van der Waals surface area contributed by atoms with Gasteiger partial charge < -0.3 is 10.2 Å². The van der Waals surface area contributed by atoms with Gasteiger partial charge in [-0.15, -0.1) is 5.10 Å². The monoisotopic (exact) mass is 319 g/mol. The number of nitrogen functional groups attached to an aromatic ring is 1. The summed E-state index contributed by atoms with van der Waals surface area (Å²) in [6.07, 6.45) is 5.29. The van der Waals surface area contributed by atoms with Crippen molar-refractivity contribution >= 4 is 11.5 Å². The molecule has 0 radical (unpaired) electrons. The number of rotatable bonds is 3. The van der Waals surface area contributed by atoms with Gasteiger partial charge in [0, 0.05) is 12.4 Å². The molecule has 4 rings (SSSR count). The number of hydrogen-bond acceptors (Lipinski definition) is 5. The van der Waals surface area contributed by atoms with E-state index in [1.54, 1.807) is 17.0 Å². The van der Waals surface area contributed by atoms with Gasteiger partial charge in [-0.3, -0.25) is 4.98 Å². The molecule has 0 aliphatic carbocycles. The Morgan fingerprint density at radius 1 is 1.21 bits per heavy atom. The van der Waals surface area contributed by atoms with Crippen molar-refractivity contribution in [1.82, 2.24) is 19.6 Å². The Morgan fingerprint density at radius 2 is 2.08 bits per heavy atom. The van der Waals surface area contributed by atoms with Crippen molar-refractivity contribution in [2.45, 2.75) is 19.8 Å². The van der Waals surface area contributed by atoms with Crippen LogP contribution in [0.15, 0.2) is 53.4 Å². The van der Waals surface area contributed by atoms with Gasteiger partial charge >= 0.3 is 0 Å². The molecule has 0 saturated heterocycles. The van der Waals surface area contributed by atoms with Crippen LogP contribution in [0.3, 0.4) is 0 Å². The Morgan fingerprint density at radius 3 is 2.83 bits per heavy atom. The minimum absolute atomic E-state index is 0.364. The number of aromatic nitrogens is 4. The van der Waals surface area contributed by atoms with Crippen LogP contribution in [-0.4, -0.2) is 19.6 Å². The van der Waals surface area contributed by atoms with Gasteiger partial charge in [0.1, 0.15) is 5.82 Å². The lowest BCUT2D eigenvalue weighted by Crippen LogP contribution is -2.00. The Balaban J connectivity index is 1.90. The molecule has 0 bridgehead atoms. The van der Waals surface area contributed by atoms with Crippen molar-refractivity contribution in [2.75, 3.05) is 5.73 Å². The van der Waals surface area contributed by atoms with Crippen LogP contribution in [-0.2, 0) is 0 Å². The Bertz CT molecular complexity index is 1000. The average molecular weight is 319 g/mol. The third-order valence-electron chi connectivity index (χ3n) is 3.99. The molecule has 6 nitrogen and oxygen atoms in total. The standard InChI is InChI=1S/C18H17N5O/c1-11(2)14-10-20-6-5-13(14)12-8-16(19)23-17(9-12)21-18(22-23)15-4-3-7-24-15/h3-11H,19H2,1-2H3. The fourth-order valence-corrected chi connectivity index (χ4v) is 2.80. The van der Waals surface area contributed by atoms with E-state index < -0.39 is 0 Å². The second-order valence-corrected chi connectivity index (χ2v) is 5.97. The molecular formula is C18H17N5O. The SMILES string of the molecule is CC(C)c1cnccc1-c1cc(N)n2nc(-c3ccco3)nc2c1. The third-order valence-corrected chi connectivity index (χ3v) is 3.99. The summed E-state index contributed by atoms with van der Waals surface area (Å²) in [7, 11) is 0. The molecule has 0 aromatic carbocycles. The first-order valence-corrected chi connectivity index (χ1v) is 7.78. The van der Waals surface area contributed by atoms with E-state index in [2.05, 4.69) is 28.9 Å². The molecule has 0 fully saturated rings. The van der Waals surface area contributed by atoms with Crippen LogP contribution >= 0.6 is 0 Å². The van der Waals surface area contributed by atoms with Crippen molar-refractivity contribution in [2.24, 2.45) is 0 Å². The molecule has 0 spiro atoms. The van der Waals surface area contributed by atoms with E-state index in [0.29, 0.717) is 29.0 Å². The highest BCUT2D eigenvalue weighted by Gasteiger charge is 2.14. The fourth-order valence-electron chi connectivity index (χ4n) is 2.80. The van der Waals surface area contributed by atoms with Gasteiger partial charge in [0.15, 0.2) is 11.4 Å². The number of fused-ring (bicyclic) bond motifs is 1. The summed E-state index contributed by atoms with van der Waals surface area (Å²) in [4.78, 5) is 8.78. The predicted octanol–water partition coefficient (Wildman–Crippen LogP) is 3.76. The molecule has 4 aromatic rings. The number of hydrogen-bond donors (Lipinski definition) is 1. The second-order valence-electron chi connectivity index (χ2n) is 5.97. The first kappa shape index (κ1) is 14.4. The van der Waals surface area contributed by atoms with E-state index >= 15 is 0 Å². The predicted molar refractivity (Wildman–Crippen MR) is 92.4 cm³/mol. The van der Waals surface area contributed by atoms with Crippen molar-refractivity contribution in [1.29, 1.82) is 0 Å². The first-order valence-electron chi connectivity index (χ1n) is 7.78. The molecule has 0 unspecified atom stereocenters. The number of furan rings is 1. The zero-order valence-corrected chi connectivity index (χ0v) is 13.5. The van der Waals surface area contributed by atoms with Crippen LogP contribution in [0.5, 0.6) is 0 Å². The van der Waals surface area contributed by atoms with Crippen LogP contribution < -0.4 is 5.73 Å². The summed E-state index contributed by atoms with van der Waals surface area (Å²) in [6, 6.07) is 9.53. The summed E-state index contributed by atoms with van der Waals surface area (Å²) in [5.74, 6) is 2.02. The Hall–Kier alpha value is -3.15. The molecule has 2 N–H and O–H groups in total. The van der Waals surface area contributed by atoms with E-state index in [9.17, 15) is 0 Å². The first-order chi connectivity index (χ1) is 11.6. The Kier molecular flexibility index (Phi) is 3.30. The molecule has 0 amide bonds. The smallest absolute Gasteiger partial charge is 0.217 e. The number of anilines is 1. The Labute approximate surface area is 139 Å². The van der Waals surface area contributed by atoms with Gasteiger partial charge in [-0.2, -0.15) is 4.52 Å². The number of nitrogens with two attached hydrogens (primary N) is 1. The summed E-state index contributed by atoms with van der Waals surface area (Å²) >= 11 is 0. The summed E-state index contributed by atoms with van der Waals surface area (Å²) in [6.45, 7) is 4.29. The van der Waals surface area contributed by atoms with E-state index in [1.807, 2.05) is 36.5 Å². The largest absolute Gasteiger partial charge is 0.461 e. The number of pyridine rings is 2. The van der Waals surface area contributed by atoms with Crippen LogP contribution in [0, 0.1) is 0 Å². The molecule has 4 heterocycles. The van der Waals surface area contributed by atoms with Gasteiger partial charge in [-0.05, 0) is 52.9 Å². The third kappa shape index (κ3) is 2.32. The lowest BCUT2D eigenvalue weighted by molar-refractivity contribution is 0.577. The van der Waals surface area contributed by atoms with Gasteiger partial charge in [0.2, 0.25) is 5.82 Å². The fraction of sp³-hybridized carbons (Fsp3) is 0.167. The molecule has 6 heteroatoms. The summed E-state index contributed by atoms with van der Waals surface area (Å²) in [5, 5.41) is 4.42. The number of nitrogens with zero attached hydrogens (tertiary/aromatic N) is 4. The quantitative estimate of drug-likeness (QED) is 0.622. The van der Waals surface area contributed by atoms with Crippen molar-refractivity contribution in [3.8, 4) is 22.7 Å². The van der Waals surface area contributed by atoms with E-state index in [4.69, 9.17) is 10.2 Å². The zero-order chi connectivity index (χ0) is 16.7. The summed E-state index contributed by atoms with van der Waals surface area (Å²) < 4.78 is 6.99. The van der Waals surface area contributed by atoms with Crippen molar-refractivity contribution in [3.63, 3.8) is 0 Å². The minimum Gasteiger partial charge on any atom is -0.461 e. The molecule has 0 saturated carbocycles. The lowest BCUT2D eigenvalue weighted by atomic mass is 9.95. The average Bonchev–Trinajstić information content (AvgIpc) is 3.24. The van der Waals surface area contributed by atoms with Crippen molar-refractivity contribution < 1.29 is 4.42 Å². The lowest BCUT2D eigenvalue weighted by Gasteiger charge is -2.12. The van der Waals surface area contributed by atoms with Gasteiger partial charge in [-0.25, -0.2) is 4.98 Å². The molecule has 4 aromatic heterocycles. The van der Waals surface area contributed by atoms with Gasteiger partial charge in [0.25, 0.3) is 0 Å². The normalized spacial score (nSPS) is 11.5. The molecule has 0 atom stereocenters. The van der Waals surface area contributed by atoms with Crippen molar-refractivity contribution in [3.05, 3.63) is 54.6 Å². The van der Waals surface area contributed by atoms with E-state index in [0.717, 1.165) is 11.1 Å². The molecule has 120 valence electrons. The highest BCUT2D eigenvalue weighted by atomic mass is 16.3. The van der Waals surface area contributed by atoms with Crippen LogP contribution in [0.25, 0.3) is 28.4 Å².